The standard InChI is InChI=1S/C14H14N2O2/c1-9(17)12-7-13(16-8-14(12)18-2)10-4-3-5-11(15)6-10/h3-8H,15H2,1-2H3. The number of hydrogen-bond donors (Lipinski definition) is 1. The van der Waals surface area contributed by atoms with Crippen molar-refractivity contribution in [1.29, 1.82) is 0 Å². The van der Waals surface area contributed by atoms with Gasteiger partial charge < -0.3 is 10.5 Å². The number of pyridine rings is 1. The van der Waals surface area contributed by atoms with Crippen LogP contribution in [0.4, 0.5) is 5.69 Å². The second-order valence-corrected chi connectivity index (χ2v) is 3.95. The Labute approximate surface area is 105 Å². The van der Waals surface area contributed by atoms with Crippen molar-refractivity contribution in [2.75, 3.05) is 12.8 Å². The molecule has 0 amide bonds. The average Bonchev–Trinajstić information content (AvgIpc) is 2.38. The number of aromatic nitrogens is 1. The fourth-order valence-electron chi connectivity index (χ4n) is 1.74. The highest BCUT2D eigenvalue weighted by Crippen LogP contribution is 2.25. The summed E-state index contributed by atoms with van der Waals surface area (Å²) in [6, 6.07) is 9.09. The van der Waals surface area contributed by atoms with Gasteiger partial charge in [0.05, 0.1) is 24.6 Å². The van der Waals surface area contributed by atoms with Gasteiger partial charge in [0.1, 0.15) is 5.75 Å². The molecule has 0 aliphatic carbocycles. The Balaban J connectivity index is 2.53. The molecule has 2 aromatic rings. The molecule has 0 fully saturated rings. The van der Waals surface area contributed by atoms with Gasteiger partial charge in [0.2, 0.25) is 0 Å². The highest BCUT2D eigenvalue weighted by atomic mass is 16.5. The summed E-state index contributed by atoms with van der Waals surface area (Å²) in [5.74, 6) is 0.426. The number of rotatable bonds is 3. The molecule has 92 valence electrons. The van der Waals surface area contributed by atoms with Gasteiger partial charge in [-0.05, 0) is 25.1 Å². The SMILES string of the molecule is COc1cnc(-c2cccc(N)c2)cc1C(C)=O. The van der Waals surface area contributed by atoms with E-state index in [2.05, 4.69) is 4.98 Å². The van der Waals surface area contributed by atoms with Crippen molar-refractivity contribution in [2.24, 2.45) is 0 Å². The van der Waals surface area contributed by atoms with Crippen molar-refractivity contribution in [3.05, 3.63) is 42.1 Å². The predicted octanol–water partition coefficient (Wildman–Crippen LogP) is 2.54. The van der Waals surface area contributed by atoms with Crippen LogP contribution >= 0.6 is 0 Å². The van der Waals surface area contributed by atoms with Crippen LogP contribution in [0.3, 0.4) is 0 Å². The summed E-state index contributed by atoms with van der Waals surface area (Å²) in [7, 11) is 1.52. The third-order valence-electron chi connectivity index (χ3n) is 2.65. The first-order chi connectivity index (χ1) is 8.61. The Kier molecular flexibility index (Phi) is 3.28. The second kappa shape index (κ2) is 4.87. The van der Waals surface area contributed by atoms with Crippen LogP contribution < -0.4 is 10.5 Å². The Morgan fingerprint density at radius 2 is 2.11 bits per heavy atom. The minimum Gasteiger partial charge on any atom is -0.494 e. The number of methoxy groups -OCH3 is 1. The Morgan fingerprint density at radius 1 is 1.33 bits per heavy atom. The zero-order valence-corrected chi connectivity index (χ0v) is 10.3. The van der Waals surface area contributed by atoms with Gasteiger partial charge in [0.25, 0.3) is 0 Å². The lowest BCUT2D eigenvalue weighted by molar-refractivity contribution is 0.101. The fraction of sp³-hybridized carbons (Fsp3) is 0.143. The molecule has 0 aliphatic heterocycles. The van der Waals surface area contributed by atoms with Crippen LogP contribution in [0.2, 0.25) is 0 Å². The van der Waals surface area contributed by atoms with E-state index in [0.717, 1.165) is 5.56 Å². The highest BCUT2D eigenvalue weighted by Gasteiger charge is 2.11. The lowest BCUT2D eigenvalue weighted by atomic mass is 10.1. The zero-order valence-electron chi connectivity index (χ0n) is 10.3. The highest BCUT2D eigenvalue weighted by molar-refractivity contribution is 5.97. The fourth-order valence-corrected chi connectivity index (χ4v) is 1.74. The average molecular weight is 242 g/mol. The van der Waals surface area contributed by atoms with Gasteiger partial charge >= 0.3 is 0 Å². The molecule has 2 N–H and O–H groups in total. The molecule has 0 saturated heterocycles. The molecule has 0 bridgehead atoms. The van der Waals surface area contributed by atoms with E-state index >= 15 is 0 Å². The van der Waals surface area contributed by atoms with Gasteiger partial charge in [-0.1, -0.05) is 12.1 Å². The van der Waals surface area contributed by atoms with E-state index in [9.17, 15) is 4.79 Å². The molecule has 18 heavy (non-hydrogen) atoms. The van der Waals surface area contributed by atoms with Crippen LogP contribution in [0.15, 0.2) is 36.5 Å². The van der Waals surface area contributed by atoms with Crippen molar-refractivity contribution in [1.82, 2.24) is 4.98 Å². The molecular weight excluding hydrogens is 228 g/mol. The Morgan fingerprint density at radius 3 is 2.72 bits per heavy atom. The minimum absolute atomic E-state index is 0.0561. The van der Waals surface area contributed by atoms with E-state index in [1.807, 2.05) is 18.2 Å². The molecule has 0 atom stereocenters. The molecule has 4 heteroatoms. The van der Waals surface area contributed by atoms with Crippen LogP contribution in [0.25, 0.3) is 11.3 Å². The number of carbonyl (C=O) groups is 1. The van der Waals surface area contributed by atoms with Crippen molar-refractivity contribution in [2.45, 2.75) is 6.92 Å². The van der Waals surface area contributed by atoms with Crippen LogP contribution in [0.1, 0.15) is 17.3 Å². The molecule has 1 aromatic heterocycles. The molecule has 1 heterocycles. The monoisotopic (exact) mass is 242 g/mol. The van der Waals surface area contributed by atoms with Crippen LogP contribution in [0.5, 0.6) is 5.75 Å². The molecule has 1 aromatic carbocycles. The first-order valence-electron chi connectivity index (χ1n) is 5.52. The molecule has 0 saturated carbocycles. The molecule has 2 rings (SSSR count). The number of anilines is 1. The number of hydrogen-bond acceptors (Lipinski definition) is 4. The summed E-state index contributed by atoms with van der Waals surface area (Å²) >= 11 is 0. The van der Waals surface area contributed by atoms with Crippen molar-refractivity contribution >= 4 is 11.5 Å². The molecular formula is C14H14N2O2. The zero-order chi connectivity index (χ0) is 13.1. The van der Waals surface area contributed by atoms with Crippen molar-refractivity contribution in [3.63, 3.8) is 0 Å². The topological polar surface area (TPSA) is 65.2 Å². The van der Waals surface area contributed by atoms with Crippen molar-refractivity contribution in [3.8, 4) is 17.0 Å². The lowest BCUT2D eigenvalue weighted by Crippen LogP contribution is -1.99. The number of nitrogens with zero attached hydrogens (tertiary/aromatic N) is 1. The molecule has 0 aliphatic rings. The number of ether oxygens (including phenoxy) is 1. The molecule has 0 spiro atoms. The number of benzene rings is 1. The molecule has 0 unspecified atom stereocenters. The maximum atomic E-state index is 11.5. The summed E-state index contributed by atoms with van der Waals surface area (Å²) in [6.45, 7) is 1.50. The lowest BCUT2D eigenvalue weighted by Gasteiger charge is -2.08. The maximum Gasteiger partial charge on any atom is 0.163 e. The van der Waals surface area contributed by atoms with Gasteiger partial charge in [-0.25, -0.2) is 0 Å². The third kappa shape index (κ3) is 2.32. The predicted molar refractivity (Wildman–Crippen MR) is 70.6 cm³/mol. The van der Waals surface area contributed by atoms with Gasteiger partial charge in [-0.15, -0.1) is 0 Å². The van der Waals surface area contributed by atoms with Crippen LogP contribution in [-0.4, -0.2) is 17.9 Å². The van der Waals surface area contributed by atoms with E-state index in [-0.39, 0.29) is 5.78 Å². The van der Waals surface area contributed by atoms with Crippen LogP contribution in [-0.2, 0) is 0 Å². The second-order valence-electron chi connectivity index (χ2n) is 3.95. The van der Waals surface area contributed by atoms with E-state index in [1.54, 1.807) is 18.3 Å². The van der Waals surface area contributed by atoms with E-state index in [0.29, 0.717) is 22.7 Å². The van der Waals surface area contributed by atoms with Gasteiger partial charge in [-0.3, -0.25) is 9.78 Å². The van der Waals surface area contributed by atoms with Crippen LogP contribution in [0, 0.1) is 0 Å². The summed E-state index contributed by atoms with van der Waals surface area (Å²) < 4.78 is 5.11. The first kappa shape index (κ1) is 12.1. The molecule has 0 radical (unpaired) electrons. The normalized spacial score (nSPS) is 10.1. The van der Waals surface area contributed by atoms with E-state index in [1.165, 1.54) is 14.0 Å². The van der Waals surface area contributed by atoms with E-state index in [4.69, 9.17) is 10.5 Å². The summed E-state index contributed by atoms with van der Waals surface area (Å²) in [5, 5.41) is 0. The minimum atomic E-state index is -0.0561. The third-order valence-corrected chi connectivity index (χ3v) is 2.65. The largest absolute Gasteiger partial charge is 0.494 e. The Bertz CT molecular complexity index is 594. The maximum absolute atomic E-state index is 11.5. The van der Waals surface area contributed by atoms with Gasteiger partial charge in [-0.2, -0.15) is 0 Å². The summed E-state index contributed by atoms with van der Waals surface area (Å²) in [4.78, 5) is 15.8. The number of nitrogens with two attached hydrogens (primary N) is 1. The van der Waals surface area contributed by atoms with Gasteiger partial charge in [0, 0.05) is 11.3 Å². The first-order valence-corrected chi connectivity index (χ1v) is 5.52. The Hall–Kier alpha value is -2.36. The van der Waals surface area contributed by atoms with Gasteiger partial charge in [0.15, 0.2) is 5.78 Å². The van der Waals surface area contributed by atoms with E-state index < -0.39 is 0 Å². The number of Topliss-reactive ketones (excluding diaryl/α,β-unsaturated/α-hetero) is 1. The summed E-state index contributed by atoms with van der Waals surface area (Å²) in [6.07, 6.45) is 1.55. The quantitative estimate of drug-likeness (QED) is 0.663. The van der Waals surface area contributed by atoms with Crippen molar-refractivity contribution < 1.29 is 9.53 Å². The summed E-state index contributed by atoms with van der Waals surface area (Å²) in [5.41, 5.74) is 8.49. The number of ketones is 1. The molecule has 4 nitrogen and oxygen atoms in total. The smallest absolute Gasteiger partial charge is 0.163 e. The number of nitrogen functional groups attached to an aromatic ring is 1. The number of carbonyl (C=O) groups excluding carboxylic acids is 1.